The van der Waals surface area contributed by atoms with E-state index in [9.17, 15) is 5.26 Å². The van der Waals surface area contributed by atoms with Gasteiger partial charge in [-0.05, 0) is 36.4 Å². The first-order chi connectivity index (χ1) is 12.8. The second-order valence-corrected chi connectivity index (χ2v) is 5.37. The van der Waals surface area contributed by atoms with Crippen LogP contribution in [0.5, 0.6) is 5.75 Å². The van der Waals surface area contributed by atoms with Crippen LogP contribution in [0, 0.1) is 11.3 Å². The summed E-state index contributed by atoms with van der Waals surface area (Å²) >= 11 is 0. The zero-order valence-electron chi connectivity index (χ0n) is 14.3. The number of methoxy groups -OCH3 is 1. The van der Waals surface area contributed by atoms with Gasteiger partial charge in [-0.3, -0.25) is 4.98 Å². The topological polar surface area (TPSA) is 83.7 Å². The van der Waals surface area contributed by atoms with Crippen molar-refractivity contribution in [2.45, 2.75) is 0 Å². The SMILES string of the molecule is C=CCNc1nc(-c2ccncc2)nc(-c2ccc(OC)cc2)c1C#N. The Morgan fingerprint density at radius 3 is 2.46 bits per heavy atom. The molecule has 3 aromatic rings. The first-order valence-corrected chi connectivity index (χ1v) is 7.98. The van der Waals surface area contributed by atoms with Gasteiger partial charge < -0.3 is 10.1 Å². The van der Waals surface area contributed by atoms with E-state index in [4.69, 9.17) is 4.74 Å². The van der Waals surface area contributed by atoms with Crippen LogP contribution in [-0.4, -0.2) is 28.6 Å². The zero-order valence-corrected chi connectivity index (χ0v) is 14.3. The molecule has 0 saturated carbocycles. The van der Waals surface area contributed by atoms with Crippen LogP contribution in [0.2, 0.25) is 0 Å². The quantitative estimate of drug-likeness (QED) is 0.687. The molecule has 26 heavy (non-hydrogen) atoms. The number of aromatic nitrogens is 3. The third-order valence-electron chi connectivity index (χ3n) is 3.74. The molecule has 0 aliphatic rings. The van der Waals surface area contributed by atoms with E-state index < -0.39 is 0 Å². The molecule has 1 aromatic carbocycles. The Kier molecular flexibility index (Phi) is 5.20. The molecule has 2 aromatic heterocycles. The normalized spacial score (nSPS) is 10.0. The summed E-state index contributed by atoms with van der Waals surface area (Å²) in [6, 6.07) is 13.3. The molecule has 2 heterocycles. The molecule has 0 unspecified atom stereocenters. The van der Waals surface area contributed by atoms with E-state index in [0.29, 0.717) is 29.4 Å². The molecular weight excluding hydrogens is 326 g/mol. The van der Waals surface area contributed by atoms with Crippen LogP contribution < -0.4 is 10.1 Å². The summed E-state index contributed by atoms with van der Waals surface area (Å²) < 4.78 is 5.20. The van der Waals surface area contributed by atoms with Gasteiger partial charge in [0, 0.05) is 30.1 Å². The van der Waals surface area contributed by atoms with Gasteiger partial charge in [0.15, 0.2) is 5.82 Å². The highest BCUT2D eigenvalue weighted by atomic mass is 16.5. The van der Waals surface area contributed by atoms with Gasteiger partial charge in [0.05, 0.1) is 12.8 Å². The molecule has 0 bridgehead atoms. The first-order valence-electron chi connectivity index (χ1n) is 7.98. The second kappa shape index (κ2) is 7.90. The number of rotatable bonds is 6. The van der Waals surface area contributed by atoms with E-state index >= 15 is 0 Å². The van der Waals surface area contributed by atoms with Crippen molar-refractivity contribution >= 4 is 5.82 Å². The van der Waals surface area contributed by atoms with E-state index in [1.807, 2.05) is 36.4 Å². The number of nitriles is 1. The molecule has 128 valence electrons. The van der Waals surface area contributed by atoms with Crippen LogP contribution in [0.15, 0.2) is 61.4 Å². The Balaban J connectivity index is 2.19. The van der Waals surface area contributed by atoms with Crippen molar-refractivity contribution in [2.75, 3.05) is 19.0 Å². The summed E-state index contributed by atoms with van der Waals surface area (Å²) in [7, 11) is 1.61. The predicted octanol–water partition coefficient (Wildman–Crippen LogP) is 3.68. The second-order valence-electron chi connectivity index (χ2n) is 5.37. The Bertz CT molecular complexity index is 946. The maximum Gasteiger partial charge on any atom is 0.162 e. The van der Waals surface area contributed by atoms with E-state index in [0.717, 1.165) is 16.9 Å². The lowest BCUT2D eigenvalue weighted by Gasteiger charge is -2.12. The van der Waals surface area contributed by atoms with Crippen LogP contribution in [0.3, 0.4) is 0 Å². The third kappa shape index (κ3) is 3.52. The summed E-state index contributed by atoms with van der Waals surface area (Å²) in [5, 5.41) is 12.8. The van der Waals surface area contributed by atoms with Gasteiger partial charge in [0.2, 0.25) is 0 Å². The molecule has 1 N–H and O–H groups in total. The number of nitrogens with zero attached hydrogens (tertiary/aromatic N) is 4. The van der Waals surface area contributed by atoms with Crippen molar-refractivity contribution in [1.82, 2.24) is 15.0 Å². The smallest absolute Gasteiger partial charge is 0.162 e. The number of benzene rings is 1. The van der Waals surface area contributed by atoms with E-state index in [2.05, 4.69) is 32.9 Å². The predicted molar refractivity (Wildman–Crippen MR) is 101 cm³/mol. The number of ether oxygens (including phenoxy) is 1. The highest BCUT2D eigenvalue weighted by Gasteiger charge is 2.16. The lowest BCUT2D eigenvalue weighted by molar-refractivity contribution is 0.415. The van der Waals surface area contributed by atoms with E-state index in [1.54, 1.807) is 25.6 Å². The van der Waals surface area contributed by atoms with Gasteiger partial charge in [-0.1, -0.05) is 6.08 Å². The average molecular weight is 343 g/mol. The van der Waals surface area contributed by atoms with Gasteiger partial charge in [0.1, 0.15) is 23.2 Å². The van der Waals surface area contributed by atoms with Gasteiger partial charge in [0.25, 0.3) is 0 Å². The van der Waals surface area contributed by atoms with Crippen molar-refractivity contribution in [1.29, 1.82) is 5.26 Å². The molecule has 0 fully saturated rings. The van der Waals surface area contributed by atoms with Crippen molar-refractivity contribution < 1.29 is 4.74 Å². The molecule has 6 heteroatoms. The molecule has 0 aliphatic carbocycles. The standard InChI is InChI=1S/C20H17N5O/c1-3-10-23-20-17(13-21)18(14-4-6-16(26-2)7-5-14)24-19(25-20)15-8-11-22-12-9-15/h3-9,11-12H,1,10H2,2H3,(H,23,24,25). The monoisotopic (exact) mass is 343 g/mol. The van der Waals surface area contributed by atoms with Crippen LogP contribution in [0.25, 0.3) is 22.6 Å². The fourth-order valence-corrected chi connectivity index (χ4v) is 2.45. The maximum absolute atomic E-state index is 9.69. The Morgan fingerprint density at radius 1 is 1.12 bits per heavy atom. The Labute approximate surface area is 151 Å². The van der Waals surface area contributed by atoms with Gasteiger partial charge in [-0.25, -0.2) is 9.97 Å². The Morgan fingerprint density at radius 2 is 1.85 bits per heavy atom. The minimum atomic E-state index is 0.384. The van der Waals surface area contributed by atoms with Crippen molar-refractivity contribution in [3.8, 4) is 34.5 Å². The molecule has 3 rings (SSSR count). The maximum atomic E-state index is 9.69. The zero-order chi connectivity index (χ0) is 18.4. The fraction of sp³-hybridized carbons (Fsp3) is 0.100. The molecule has 6 nitrogen and oxygen atoms in total. The number of hydrogen-bond acceptors (Lipinski definition) is 6. The van der Waals surface area contributed by atoms with Crippen molar-refractivity contribution in [3.05, 3.63) is 67.0 Å². The Hall–Kier alpha value is -3.72. The first kappa shape index (κ1) is 17.1. The largest absolute Gasteiger partial charge is 0.497 e. The van der Waals surface area contributed by atoms with Crippen LogP contribution >= 0.6 is 0 Å². The number of nitrogens with one attached hydrogen (secondary N) is 1. The molecular formula is C20H17N5O. The highest BCUT2D eigenvalue weighted by Crippen LogP contribution is 2.30. The lowest BCUT2D eigenvalue weighted by atomic mass is 10.1. The van der Waals surface area contributed by atoms with Crippen LogP contribution in [0.4, 0.5) is 5.82 Å². The molecule has 0 amide bonds. The molecule has 0 radical (unpaired) electrons. The molecule has 0 aliphatic heterocycles. The number of pyridine rings is 1. The average Bonchev–Trinajstić information content (AvgIpc) is 2.72. The summed E-state index contributed by atoms with van der Waals surface area (Å²) in [6.07, 6.45) is 5.07. The molecule has 0 spiro atoms. The summed E-state index contributed by atoms with van der Waals surface area (Å²) in [5.74, 6) is 1.73. The van der Waals surface area contributed by atoms with Gasteiger partial charge in [-0.2, -0.15) is 5.26 Å². The van der Waals surface area contributed by atoms with Crippen molar-refractivity contribution in [2.24, 2.45) is 0 Å². The van der Waals surface area contributed by atoms with E-state index in [-0.39, 0.29) is 0 Å². The van der Waals surface area contributed by atoms with Gasteiger partial charge >= 0.3 is 0 Å². The number of hydrogen-bond donors (Lipinski definition) is 1. The lowest BCUT2D eigenvalue weighted by Crippen LogP contribution is -2.07. The van der Waals surface area contributed by atoms with Crippen LogP contribution in [-0.2, 0) is 0 Å². The minimum Gasteiger partial charge on any atom is -0.497 e. The molecule has 0 atom stereocenters. The summed E-state index contributed by atoms with van der Waals surface area (Å²) in [6.45, 7) is 4.19. The third-order valence-corrected chi connectivity index (χ3v) is 3.74. The minimum absolute atomic E-state index is 0.384. The molecule has 0 saturated heterocycles. The number of anilines is 1. The fourth-order valence-electron chi connectivity index (χ4n) is 2.45. The van der Waals surface area contributed by atoms with Gasteiger partial charge in [-0.15, -0.1) is 6.58 Å². The highest BCUT2D eigenvalue weighted by molar-refractivity contribution is 5.76. The van der Waals surface area contributed by atoms with Crippen molar-refractivity contribution in [3.63, 3.8) is 0 Å². The van der Waals surface area contributed by atoms with E-state index in [1.165, 1.54) is 0 Å². The van der Waals surface area contributed by atoms with Crippen LogP contribution in [0.1, 0.15) is 5.56 Å². The summed E-state index contributed by atoms with van der Waals surface area (Å²) in [5.41, 5.74) is 2.57. The summed E-state index contributed by atoms with van der Waals surface area (Å²) in [4.78, 5) is 13.2.